The quantitative estimate of drug-likeness (QED) is 0.530. The van der Waals surface area contributed by atoms with Crippen molar-refractivity contribution in [2.45, 2.75) is 57.7 Å². The van der Waals surface area contributed by atoms with Crippen molar-refractivity contribution in [1.29, 1.82) is 0 Å². The second-order valence-corrected chi connectivity index (χ2v) is 10.0. The van der Waals surface area contributed by atoms with Gasteiger partial charge in [-0.3, -0.25) is 4.99 Å². The van der Waals surface area contributed by atoms with Crippen molar-refractivity contribution in [3.05, 3.63) is 17.0 Å². The first-order valence-electron chi connectivity index (χ1n) is 8.79. The second kappa shape index (κ2) is 9.54. The molecule has 0 aromatic carbocycles. The number of aliphatic imine (C=N–C) groups is 1. The molecule has 0 fully saturated rings. The average molecular weight is 389 g/mol. The number of nitrogens with one attached hydrogen (secondary N) is 2. The van der Waals surface area contributed by atoms with Crippen molar-refractivity contribution in [2.24, 2.45) is 4.99 Å². The fourth-order valence-electron chi connectivity index (χ4n) is 2.26. The molecule has 0 spiro atoms. The van der Waals surface area contributed by atoms with Gasteiger partial charge in [0.1, 0.15) is 4.21 Å². The molecule has 8 heteroatoms. The van der Waals surface area contributed by atoms with Crippen molar-refractivity contribution in [1.82, 2.24) is 14.9 Å². The van der Waals surface area contributed by atoms with Crippen LogP contribution in [0.4, 0.5) is 0 Å². The van der Waals surface area contributed by atoms with Crippen LogP contribution in [-0.2, 0) is 16.4 Å². The number of hydrogen-bond acceptors (Lipinski definition) is 4. The molecule has 0 aliphatic rings. The third-order valence-electron chi connectivity index (χ3n) is 3.40. The topological polar surface area (TPSA) is 73.8 Å². The molecule has 0 aliphatic carbocycles. The molecular weight excluding hydrogens is 356 g/mol. The molecule has 1 aromatic heterocycles. The lowest BCUT2D eigenvalue weighted by Crippen LogP contribution is -2.47. The zero-order chi connectivity index (χ0) is 19.1. The lowest BCUT2D eigenvalue weighted by molar-refractivity contribution is 0.447. The number of rotatable bonds is 8. The van der Waals surface area contributed by atoms with E-state index in [1.807, 2.05) is 26.8 Å². The number of sulfonamides is 1. The largest absolute Gasteiger partial charge is 0.357 e. The number of hydrogen-bond donors (Lipinski definition) is 2. The van der Waals surface area contributed by atoms with Crippen LogP contribution in [0.2, 0.25) is 0 Å². The molecular formula is C17H32N4O2S2. The molecule has 0 amide bonds. The molecule has 6 nitrogen and oxygen atoms in total. The Balaban J connectivity index is 2.76. The fourth-order valence-corrected chi connectivity index (χ4v) is 5.22. The van der Waals surface area contributed by atoms with E-state index in [0.717, 1.165) is 23.8 Å². The molecule has 0 unspecified atom stereocenters. The monoisotopic (exact) mass is 388 g/mol. The van der Waals surface area contributed by atoms with Crippen LogP contribution in [0.5, 0.6) is 0 Å². The third kappa shape index (κ3) is 6.95. The van der Waals surface area contributed by atoms with E-state index in [1.54, 1.807) is 6.07 Å². The summed E-state index contributed by atoms with van der Waals surface area (Å²) in [6.45, 7) is 14.4. The molecule has 2 N–H and O–H groups in total. The lowest BCUT2D eigenvalue weighted by atomic mass is 10.1. The van der Waals surface area contributed by atoms with E-state index in [2.05, 4.69) is 36.4 Å². The van der Waals surface area contributed by atoms with Gasteiger partial charge in [-0.15, -0.1) is 11.3 Å². The van der Waals surface area contributed by atoms with Crippen LogP contribution in [0.1, 0.15) is 46.4 Å². The Labute approximate surface area is 156 Å². The van der Waals surface area contributed by atoms with Gasteiger partial charge in [0, 0.05) is 43.0 Å². The molecule has 144 valence electrons. The fraction of sp³-hybridized carbons (Fsp3) is 0.706. The Morgan fingerprint density at radius 1 is 1.20 bits per heavy atom. The highest BCUT2D eigenvalue weighted by atomic mass is 32.2. The first-order valence-corrected chi connectivity index (χ1v) is 11.0. The molecule has 1 heterocycles. The molecule has 0 saturated heterocycles. The molecule has 1 aromatic rings. The SMILES string of the molecule is CCNC(=NCCc1ccc(S(=O)(=O)N(CC)CC)s1)NC(C)(C)C. The van der Waals surface area contributed by atoms with Gasteiger partial charge < -0.3 is 10.6 Å². The van der Waals surface area contributed by atoms with Gasteiger partial charge >= 0.3 is 0 Å². The third-order valence-corrected chi connectivity index (χ3v) is 7.06. The van der Waals surface area contributed by atoms with E-state index in [9.17, 15) is 8.42 Å². The van der Waals surface area contributed by atoms with Crippen LogP contribution >= 0.6 is 11.3 Å². The Morgan fingerprint density at radius 2 is 1.84 bits per heavy atom. The predicted molar refractivity (Wildman–Crippen MR) is 107 cm³/mol. The molecule has 1 rings (SSSR count). The maximum Gasteiger partial charge on any atom is 0.252 e. The van der Waals surface area contributed by atoms with Gasteiger partial charge in [0.05, 0.1) is 0 Å². The lowest BCUT2D eigenvalue weighted by Gasteiger charge is -2.23. The summed E-state index contributed by atoms with van der Waals surface area (Å²) in [6.07, 6.45) is 0.721. The van der Waals surface area contributed by atoms with Crippen LogP contribution in [0.15, 0.2) is 21.3 Å². The van der Waals surface area contributed by atoms with E-state index in [-0.39, 0.29) is 5.54 Å². The summed E-state index contributed by atoms with van der Waals surface area (Å²) in [7, 11) is -3.36. The van der Waals surface area contributed by atoms with Gasteiger partial charge in [0.15, 0.2) is 5.96 Å². The number of guanidine groups is 1. The van der Waals surface area contributed by atoms with Crippen molar-refractivity contribution < 1.29 is 8.42 Å². The normalized spacial score (nSPS) is 13.3. The van der Waals surface area contributed by atoms with Gasteiger partial charge in [-0.1, -0.05) is 13.8 Å². The molecule has 0 saturated carbocycles. The van der Waals surface area contributed by atoms with E-state index < -0.39 is 10.0 Å². The summed E-state index contributed by atoms with van der Waals surface area (Å²) in [5.41, 5.74) is -0.0606. The second-order valence-electron chi connectivity index (χ2n) is 6.70. The minimum atomic E-state index is -3.36. The van der Waals surface area contributed by atoms with Crippen molar-refractivity contribution >= 4 is 27.3 Å². The molecule has 0 radical (unpaired) electrons. The van der Waals surface area contributed by atoms with E-state index in [1.165, 1.54) is 15.6 Å². The maximum absolute atomic E-state index is 12.5. The summed E-state index contributed by atoms with van der Waals surface area (Å²) in [4.78, 5) is 5.60. The van der Waals surface area contributed by atoms with Crippen LogP contribution in [-0.4, -0.2) is 50.4 Å². The van der Waals surface area contributed by atoms with Crippen LogP contribution < -0.4 is 10.6 Å². The van der Waals surface area contributed by atoms with Crippen LogP contribution in [0, 0.1) is 0 Å². The molecule has 0 atom stereocenters. The summed E-state index contributed by atoms with van der Waals surface area (Å²) < 4.78 is 26.9. The molecule has 25 heavy (non-hydrogen) atoms. The standard InChI is InChI=1S/C17H32N4O2S2/c1-7-18-16(20-17(4,5)6)19-13-12-14-10-11-15(24-14)25(22,23)21(8-2)9-3/h10-11H,7-9,12-13H2,1-6H3,(H2,18,19,20). The summed E-state index contributed by atoms with van der Waals surface area (Å²) in [5.74, 6) is 0.780. The highest BCUT2D eigenvalue weighted by molar-refractivity contribution is 7.91. The number of thiophene rings is 1. The minimum absolute atomic E-state index is 0.0606. The first kappa shape index (κ1) is 21.9. The van der Waals surface area contributed by atoms with E-state index in [0.29, 0.717) is 23.8 Å². The van der Waals surface area contributed by atoms with E-state index >= 15 is 0 Å². The zero-order valence-electron chi connectivity index (χ0n) is 16.2. The summed E-state index contributed by atoms with van der Waals surface area (Å²) in [6, 6.07) is 3.59. The maximum atomic E-state index is 12.5. The van der Waals surface area contributed by atoms with Crippen LogP contribution in [0.3, 0.4) is 0 Å². The van der Waals surface area contributed by atoms with Gasteiger partial charge in [-0.05, 0) is 39.8 Å². The smallest absolute Gasteiger partial charge is 0.252 e. The predicted octanol–water partition coefficient (Wildman–Crippen LogP) is 2.67. The molecule has 0 bridgehead atoms. The zero-order valence-corrected chi connectivity index (χ0v) is 17.9. The van der Waals surface area contributed by atoms with Gasteiger partial charge in [0.2, 0.25) is 0 Å². The first-order chi connectivity index (χ1) is 11.6. The summed E-state index contributed by atoms with van der Waals surface area (Å²) >= 11 is 1.34. The van der Waals surface area contributed by atoms with Gasteiger partial charge in [-0.25, -0.2) is 8.42 Å². The highest BCUT2D eigenvalue weighted by Crippen LogP contribution is 2.25. The van der Waals surface area contributed by atoms with Gasteiger partial charge in [-0.2, -0.15) is 4.31 Å². The van der Waals surface area contributed by atoms with Crippen molar-refractivity contribution in [2.75, 3.05) is 26.2 Å². The van der Waals surface area contributed by atoms with Crippen molar-refractivity contribution in [3.63, 3.8) is 0 Å². The van der Waals surface area contributed by atoms with Gasteiger partial charge in [0.25, 0.3) is 10.0 Å². The Hall–Kier alpha value is -1.12. The minimum Gasteiger partial charge on any atom is -0.357 e. The van der Waals surface area contributed by atoms with Crippen LogP contribution in [0.25, 0.3) is 0 Å². The Bertz CT molecular complexity index is 656. The Kier molecular flexibility index (Phi) is 8.37. The van der Waals surface area contributed by atoms with Crippen molar-refractivity contribution in [3.8, 4) is 0 Å². The molecule has 0 aliphatic heterocycles. The number of nitrogens with zero attached hydrogens (tertiary/aromatic N) is 2. The van der Waals surface area contributed by atoms with E-state index in [4.69, 9.17) is 0 Å². The average Bonchev–Trinajstić information content (AvgIpc) is 2.96. The Morgan fingerprint density at radius 3 is 2.36 bits per heavy atom. The summed E-state index contributed by atoms with van der Waals surface area (Å²) in [5, 5.41) is 6.57. The highest BCUT2D eigenvalue weighted by Gasteiger charge is 2.23.